The van der Waals surface area contributed by atoms with Crippen molar-refractivity contribution in [2.24, 2.45) is 11.8 Å². The van der Waals surface area contributed by atoms with Gasteiger partial charge in [-0.1, -0.05) is 30.3 Å². The lowest BCUT2D eigenvalue weighted by Crippen LogP contribution is -2.49. The normalized spacial score (nSPS) is 20.8. The van der Waals surface area contributed by atoms with Crippen LogP contribution in [0.5, 0.6) is 0 Å². The minimum absolute atomic E-state index is 0. The third kappa shape index (κ3) is 5.47. The summed E-state index contributed by atoms with van der Waals surface area (Å²) in [5, 5.41) is 6.33. The van der Waals surface area contributed by atoms with Crippen molar-refractivity contribution in [1.82, 2.24) is 20.5 Å². The number of aromatic nitrogens is 1. The number of benzene rings is 1. The largest absolute Gasteiger partial charge is 0.340 e. The Balaban J connectivity index is 0.00000150. The van der Waals surface area contributed by atoms with Gasteiger partial charge in [-0.25, -0.2) is 0 Å². The van der Waals surface area contributed by atoms with Crippen LogP contribution < -0.4 is 10.6 Å². The summed E-state index contributed by atoms with van der Waals surface area (Å²) in [7, 11) is 0. The number of likely N-dealkylation sites (tertiary alicyclic amines) is 1. The smallest absolute Gasteiger partial charge is 0.253 e. The molecule has 2 aromatic rings. The van der Waals surface area contributed by atoms with Crippen molar-refractivity contribution in [1.29, 1.82) is 0 Å². The second-order valence-electron chi connectivity index (χ2n) is 7.38. The van der Waals surface area contributed by atoms with Crippen LogP contribution in [0, 0.1) is 11.8 Å². The number of nitrogens with zero attached hydrogens (tertiary/aromatic N) is 2. The molecule has 29 heavy (non-hydrogen) atoms. The Bertz CT molecular complexity index is 795. The first-order chi connectivity index (χ1) is 13.2. The van der Waals surface area contributed by atoms with E-state index in [1.807, 2.05) is 35.2 Å². The molecule has 0 spiro atoms. The lowest BCUT2D eigenvalue weighted by Gasteiger charge is -2.25. The quantitative estimate of drug-likeness (QED) is 0.750. The number of rotatable bonds is 5. The summed E-state index contributed by atoms with van der Waals surface area (Å²) in [5.74, 6) is 0.796. The number of hydrogen-bond donors (Lipinski definition) is 2. The highest BCUT2D eigenvalue weighted by atomic mass is 35.5. The summed E-state index contributed by atoms with van der Waals surface area (Å²) < 4.78 is 0. The van der Waals surface area contributed by atoms with E-state index in [0.717, 1.165) is 31.7 Å². The van der Waals surface area contributed by atoms with Crippen molar-refractivity contribution in [3.05, 3.63) is 66.0 Å². The second-order valence-corrected chi connectivity index (χ2v) is 7.38. The van der Waals surface area contributed by atoms with Gasteiger partial charge in [0.15, 0.2) is 0 Å². The molecule has 0 aliphatic carbocycles. The molecular weight excluding hydrogens is 411 g/mol. The highest BCUT2D eigenvalue weighted by molar-refractivity contribution is 5.97. The Labute approximate surface area is 183 Å². The molecule has 2 saturated heterocycles. The van der Waals surface area contributed by atoms with Gasteiger partial charge in [0.1, 0.15) is 6.04 Å². The van der Waals surface area contributed by atoms with Gasteiger partial charge < -0.3 is 15.5 Å². The topological polar surface area (TPSA) is 74.3 Å². The van der Waals surface area contributed by atoms with E-state index < -0.39 is 6.04 Å². The predicted octanol–water partition coefficient (Wildman–Crippen LogP) is 1.94. The van der Waals surface area contributed by atoms with Gasteiger partial charge in [-0.3, -0.25) is 14.6 Å². The summed E-state index contributed by atoms with van der Waals surface area (Å²) in [6.45, 7) is 3.48. The summed E-state index contributed by atoms with van der Waals surface area (Å²) in [4.78, 5) is 31.8. The van der Waals surface area contributed by atoms with Crippen LogP contribution in [0.15, 0.2) is 54.9 Å². The molecular formula is C21H26Cl2N4O2. The average Bonchev–Trinajstić information content (AvgIpc) is 3.30. The Morgan fingerprint density at radius 3 is 2.38 bits per heavy atom. The molecule has 0 bridgehead atoms. The molecule has 1 unspecified atom stereocenters. The molecule has 3 heterocycles. The standard InChI is InChI=1S/C21H24N4O2.2ClH/c26-20(16-7-4-8-22-10-16)24-19(9-15-5-2-1-3-6-15)21(27)25-13-17-11-23-12-18(17)14-25;;/h1-8,10,17-19,23H,9,11-14H2,(H,24,26);2*1H/t17-,18+,19?;;. The third-order valence-electron chi connectivity index (χ3n) is 5.51. The maximum absolute atomic E-state index is 13.2. The number of carbonyl (C=O) groups excluding carboxylic acids is 2. The van der Waals surface area contributed by atoms with Crippen molar-refractivity contribution in [2.75, 3.05) is 26.2 Å². The van der Waals surface area contributed by atoms with Gasteiger partial charge in [0.25, 0.3) is 5.91 Å². The van der Waals surface area contributed by atoms with Crippen LogP contribution in [0.3, 0.4) is 0 Å². The molecule has 1 aromatic carbocycles. The van der Waals surface area contributed by atoms with E-state index in [2.05, 4.69) is 15.6 Å². The van der Waals surface area contributed by atoms with Crippen molar-refractivity contribution < 1.29 is 9.59 Å². The molecule has 6 nitrogen and oxygen atoms in total. The number of amides is 2. The average molecular weight is 437 g/mol. The minimum atomic E-state index is -0.577. The lowest BCUT2D eigenvalue weighted by molar-refractivity contribution is -0.132. The molecule has 2 N–H and O–H groups in total. The minimum Gasteiger partial charge on any atom is -0.340 e. The molecule has 8 heteroatoms. The summed E-state index contributed by atoms with van der Waals surface area (Å²) in [6.07, 6.45) is 3.63. The number of fused-ring (bicyclic) bond motifs is 1. The van der Waals surface area contributed by atoms with Crippen molar-refractivity contribution in [3.63, 3.8) is 0 Å². The second kappa shape index (κ2) is 10.6. The molecule has 2 aliphatic rings. The molecule has 2 aliphatic heterocycles. The number of pyridine rings is 1. The first-order valence-electron chi connectivity index (χ1n) is 9.45. The first-order valence-corrected chi connectivity index (χ1v) is 9.45. The number of nitrogens with one attached hydrogen (secondary N) is 2. The van der Waals surface area contributed by atoms with Crippen LogP contribution >= 0.6 is 24.8 Å². The third-order valence-corrected chi connectivity index (χ3v) is 5.51. The molecule has 2 amide bonds. The Kier molecular flexibility index (Phi) is 8.44. The van der Waals surface area contributed by atoms with Crippen LogP contribution in [0.1, 0.15) is 15.9 Å². The summed E-state index contributed by atoms with van der Waals surface area (Å²) in [6, 6.07) is 12.7. The van der Waals surface area contributed by atoms with Gasteiger partial charge in [0, 0.05) is 45.0 Å². The van der Waals surface area contributed by atoms with Gasteiger partial charge in [-0.15, -0.1) is 24.8 Å². The molecule has 156 valence electrons. The van der Waals surface area contributed by atoms with Gasteiger partial charge in [-0.2, -0.15) is 0 Å². The fraction of sp³-hybridized carbons (Fsp3) is 0.381. The van der Waals surface area contributed by atoms with Gasteiger partial charge in [-0.05, 0) is 29.5 Å². The molecule has 0 saturated carbocycles. The van der Waals surface area contributed by atoms with Crippen LogP contribution in [-0.4, -0.2) is 53.9 Å². The van der Waals surface area contributed by atoms with E-state index in [1.165, 1.54) is 6.20 Å². The zero-order valence-corrected chi connectivity index (χ0v) is 17.6. The SMILES string of the molecule is Cl.Cl.O=C(NC(Cc1ccccc1)C(=O)N1C[C@H]2CNC[C@H]2C1)c1cccnc1. The van der Waals surface area contributed by atoms with Crippen LogP contribution in [0.2, 0.25) is 0 Å². The highest BCUT2D eigenvalue weighted by Crippen LogP contribution is 2.27. The van der Waals surface area contributed by atoms with Gasteiger partial charge >= 0.3 is 0 Å². The van der Waals surface area contributed by atoms with E-state index in [9.17, 15) is 9.59 Å². The fourth-order valence-corrected chi connectivity index (χ4v) is 4.04. The number of halogens is 2. The van der Waals surface area contributed by atoms with E-state index in [0.29, 0.717) is 23.8 Å². The first kappa shape index (κ1) is 23.1. The molecule has 0 radical (unpaired) electrons. The summed E-state index contributed by atoms with van der Waals surface area (Å²) >= 11 is 0. The molecule has 2 fully saturated rings. The number of carbonyl (C=O) groups is 2. The predicted molar refractivity (Wildman–Crippen MR) is 117 cm³/mol. The van der Waals surface area contributed by atoms with Crippen molar-refractivity contribution in [3.8, 4) is 0 Å². The molecule has 4 rings (SSSR count). The monoisotopic (exact) mass is 436 g/mol. The Morgan fingerprint density at radius 1 is 1.07 bits per heavy atom. The Hall–Kier alpha value is -2.15. The van der Waals surface area contributed by atoms with E-state index in [1.54, 1.807) is 18.3 Å². The Morgan fingerprint density at radius 2 is 1.76 bits per heavy atom. The lowest BCUT2D eigenvalue weighted by atomic mass is 10.0. The zero-order chi connectivity index (χ0) is 18.6. The maximum atomic E-state index is 13.2. The molecule has 3 atom stereocenters. The fourth-order valence-electron chi connectivity index (χ4n) is 4.04. The van der Waals surface area contributed by atoms with E-state index >= 15 is 0 Å². The van der Waals surface area contributed by atoms with Crippen LogP contribution in [0.25, 0.3) is 0 Å². The van der Waals surface area contributed by atoms with Gasteiger partial charge in [0.2, 0.25) is 5.91 Å². The van der Waals surface area contributed by atoms with Crippen LogP contribution in [0.4, 0.5) is 0 Å². The van der Waals surface area contributed by atoms with Crippen LogP contribution in [-0.2, 0) is 11.2 Å². The summed E-state index contributed by atoms with van der Waals surface area (Å²) in [5.41, 5.74) is 1.49. The van der Waals surface area contributed by atoms with E-state index in [-0.39, 0.29) is 36.6 Å². The highest BCUT2D eigenvalue weighted by Gasteiger charge is 2.40. The van der Waals surface area contributed by atoms with Gasteiger partial charge in [0.05, 0.1) is 5.56 Å². The van der Waals surface area contributed by atoms with Crippen molar-refractivity contribution >= 4 is 36.6 Å². The van der Waals surface area contributed by atoms with Crippen molar-refractivity contribution in [2.45, 2.75) is 12.5 Å². The maximum Gasteiger partial charge on any atom is 0.253 e. The molecule has 1 aromatic heterocycles. The number of hydrogen-bond acceptors (Lipinski definition) is 4. The zero-order valence-electron chi connectivity index (χ0n) is 16.0. The van der Waals surface area contributed by atoms with E-state index in [4.69, 9.17) is 0 Å².